The molecule has 1 aliphatic heterocycles. The Morgan fingerprint density at radius 2 is 2.25 bits per heavy atom. The number of thiazole rings is 1. The second kappa shape index (κ2) is 6.55. The van der Waals surface area contributed by atoms with Crippen LogP contribution in [0, 0.1) is 5.92 Å². The van der Waals surface area contributed by atoms with Crippen LogP contribution in [0.3, 0.4) is 0 Å². The average Bonchev–Trinajstić information content (AvgIpc) is 3.18. The predicted molar refractivity (Wildman–Crippen MR) is 94.3 cm³/mol. The van der Waals surface area contributed by atoms with Crippen molar-refractivity contribution in [3.63, 3.8) is 0 Å². The fourth-order valence-electron chi connectivity index (χ4n) is 3.49. The number of hydrogen-bond donors (Lipinski definition) is 1. The molecule has 0 bridgehead atoms. The number of imidazole rings is 1. The number of amides is 2. The number of carbonyl (C=O) groups excluding carboxylic acids is 1. The molecule has 1 saturated heterocycles. The second-order valence-corrected chi connectivity index (χ2v) is 7.78. The van der Waals surface area contributed by atoms with Crippen LogP contribution in [-0.2, 0) is 0 Å². The van der Waals surface area contributed by atoms with E-state index in [0.717, 1.165) is 23.8 Å². The first-order valence-electron chi connectivity index (χ1n) is 8.69. The van der Waals surface area contributed by atoms with Gasteiger partial charge in [0.2, 0.25) is 0 Å². The third-order valence-electron chi connectivity index (χ3n) is 5.37. The van der Waals surface area contributed by atoms with Gasteiger partial charge in [0.15, 0.2) is 5.13 Å². The van der Waals surface area contributed by atoms with E-state index in [9.17, 15) is 4.79 Å². The van der Waals surface area contributed by atoms with E-state index >= 15 is 0 Å². The van der Waals surface area contributed by atoms with Crippen LogP contribution in [0.15, 0.2) is 24.1 Å². The van der Waals surface area contributed by atoms with Crippen molar-refractivity contribution in [3.05, 3.63) is 29.8 Å². The molecule has 1 saturated carbocycles. The topological polar surface area (TPSA) is 63.1 Å². The Bertz CT molecular complexity index is 694. The van der Waals surface area contributed by atoms with Gasteiger partial charge in [-0.3, -0.25) is 5.32 Å². The highest BCUT2D eigenvalue weighted by molar-refractivity contribution is 7.13. The van der Waals surface area contributed by atoms with Crippen molar-refractivity contribution < 1.29 is 4.79 Å². The number of aromatic nitrogens is 3. The molecule has 2 fully saturated rings. The quantitative estimate of drug-likeness (QED) is 0.922. The van der Waals surface area contributed by atoms with Gasteiger partial charge in [0.05, 0.1) is 18.1 Å². The van der Waals surface area contributed by atoms with Crippen LogP contribution >= 0.6 is 11.3 Å². The minimum atomic E-state index is -0.0403. The van der Waals surface area contributed by atoms with Crippen molar-refractivity contribution in [3.8, 4) is 0 Å². The molecule has 1 N–H and O–H groups in total. The zero-order valence-electron chi connectivity index (χ0n) is 13.9. The Labute approximate surface area is 145 Å². The summed E-state index contributed by atoms with van der Waals surface area (Å²) in [6, 6.07) is 0.246. The van der Waals surface area contributed by atoms with Crippen molar-refractivity contribution in [2.24, 2.45) is 5.92 Å². The molecule has 6 nitrogen and oxygen atoms in total. The Balaban J connectivity index is 1.39. The fraction of sp³-hybridized carbons (Fsp3) is 0.588. The van der Waals surface area contributed by atoms with Gasteiger partial charge in [-0.25, -0.2) is 14.8 Å². The van der Waals surface area contributed by atoms with Crippen LogP contribution in [0.1, 0.15) is 50.3 Å². The summed E-state index contributed by atoms with van der Waals surface area (Å²) in [5.41, 5.74) is 1.14. The van der Waals surface area contributed by atoms with Crippen molar-refractivity contribution in [1.29, 1.82) is 0 Å². The van der Waals surface area contributed by atoms with Gasteiger partial charge in [0.1, 0.15) is 0 Å². The molecule has 4 rings (SSSR count). The summed E-state index contributed by atoms with van der Waals surface area (Å²) >= 11 is 1.53. The third kappa shape index (κ3) is 3.05. The maximum atomic E-state index is 12.6. The van der Waals surface area contributed by atoms with Crippen LogP contribution in [-0.4, -0.2) is 38.6 Å². The molecule has 24 heavy (non-hydrogen) atoms. The van der Waals surface area contributed by atoms with E-state index in [1.165, 1.54) is 30.6 Å². The molecule has 0 aromatic carbocycles. The fourth-order valence-corrected chi connectivity index (χ4v) is 4.27. The van der Waals surface area contributed by atoms with Crippen molar-refractivity contribution in [2.45, 2.75) is 44.6 Å². The molecule has 2 amide bonds. The first kappa shape index (κ1) is 15.6. The van der Waals surface area contributed by atoms with Gasteiger partial charge in [0, 0.05) is 36.8 Å². The van der Waals surface area contributed by atoms with Gasteiger partial charge >= 0.3 is 6.03 Å². The number of nitrogens with zero attached hydrogens (tertiary/aromatic N) is 4. The van der Waals surface area contributed by atoms with E-state index < -0.39 is 0 Å². The lowest BCUT2D eigenvalue weighted by molar-refractivity contribution is 0.149. The highest BCUT2D eigenvalue weighted by atomic mass is 32.1. The molecule has 0 unspecified atom stereocenters. The molecule has 128 valence electrons. The molecule has 2 aromatic rings. The Kier molecular flexibility index (Phi) is 4.26. The maximum absolute atomic E-state index is 12.6. The number of carbonyl (C=O) groups is 1. The van der Waals surface area contributed by atoms with Crippen LogP contribution in [0.25, 0.3) is 0 Å². The molecular formula is C17H23N5OS. The highest BCUT2D eigenvalue weighted by Gasteiger charge is 2.30. The number of likely N-dealkylation sites (tertiary alicyclic amines) is 1. The number of piperidine rings is 1. The molecule has 7 heteroatoms. The standard InChI is InChI=1S/C17H23N5OS/c1-12-5-7-21(9-15(12)22-8-6-18-11-22)17(23)20-16-19-14(10-24-16)13-3-2-4-13/h6,8,10-13,15H,2-5,7,9H2,1H3,(H,19,20,23)/t12-,15+/m1/s1. The molecule has 0 spiro atoms. The van der Waals surface area contributed by atoms with E-state index in [1.54, 1.807) is 6.20 Å². The van der Waals surface area contributed by atoms with Gasteiger partial charge in [-0.15, -0.1) is 11.3 Å². The van der Waals surface area contributed by atoms with Gasteiger partial charge in [-0.05, 0) is 25.2 Å². The average molecular weight is 345 g/mol. The summed E-state index contributed by atoms with van der Waals surface area (Å²) in [5.74, 6) is 1.14. The summed E-state index contributed by atoms with van der Waals surface area (Å²) in [6.45, 7) is 3.74. The lowest BCUT2D eigenvalue weighted by atomic mass is 9.83. The van der Waals surface area contributed by atoms with Crippen molar-refractivity contribution in [2.75, 3.05) is 18.4 Å². The smallest absolute Gasteiger partial charge is 0.323 e. The predicted octanol–water partition coefficient (Wildman–Crippen LogP) is 3.72. The normalized spacial score (nSPS) is 24.6. The molecule has 1 aliphatic carbocycles. The van der Waals surface area contributed by atoms with Crippen LogP contribution in [0.4, 0.5) is 9.93 Å². The summed E-state index contributed by atoms with van der Waals surface area (Å²) in [5, 5.41) is 5.80. The van der Waals surface area contributed by atoms with Crippen molar-refractivity contribution in [1.82, 2.24) is 19.4 Å². The van der Waals surface area contributed by atoms with E-state index in [4.69, 9.17) is 0 Å². The first-order chi connectivity index (χ1) is 11.7. The Hall–Kier alpha value is -1.89. The number of hydrogen-bond acceptors (Lipinski definition) is 4. The monoisotopic (exact) mass is 345 g/mol. The van der Waals surface area contributed by atoms with Gasteiger partial charge < -0.3 is 9.47 Å². The summed E-state index contributed by atoms with van der Waals surface area (Å²) in [4.78, 5) is 23.2. The minimum absolute atomic E-state index is 0.0403. The molecule has 0 radical (unpaired) electrons. The number of rotatable bonds is 3. The molecule has 3 heterocycles. The van der Waals surface area contributed by atoms with Gasteiger partial charge in [-0.2, -0.15) is 0 Å². The lowest BCUT2D eigenvalue weighted by Gasteiger charge is -2.37. The summed E-state index contributed by atoms with van der Waals surface area (Å²) in [7, 11) is 0. The number of urea groups is 1. The van der Waals surface area contributed by atoms with Crippen LogP contribution in [0.2, 0.25) is 0 Å². The van der Waals surface area contributed by atoms with E-state index in [1.807, 2.05) is 17.4 Å². The highest BCUT2D eigenvalue weighted by Crippen LogP contribution is 2.37. The Morgan fingerprint density at radius 3 is 2.96 bits per heavy atom. The maximum Gasteiger partial charge on any atom is 0.323 e. The SMILES string of the molecule is C[C@@H]1CCN(C(=O)Nc2nc(C3CCC3)cs2)C[C@@H]1n1ccnc1. The minimum Gasteiger partial charge on any atom is -0.332 e. The van der Waals surface area contributed by atoms with E-state index in [2.05, 4.69) is 32.2 Å². The molecular weight excluding hydrogens is 322 g/mol. The molecule has 2 atom stereocenters. The van der Waals surface area contributed by atoms with E-state index in [-0.39, 0.29) is 12.1 Å². The summed E-state index contributed by atoms with van der Waals surface area (Å²) in [6.07, 6.45) is 10.4. The van der Waals surface area contributed by atoms with E-state index in [0.29, 0.717) is 18.4 Å². The number of nitrogens with one attached hydrogen (secondary N) is 1. The largest absolute Gasteiger partial charge is 0.332 e. The second-order valence-electron chi connectivity index (χ2n) is 6.92. The zero-order chi connectivity index (χ0) is 16.5. The molecule has 2 aliphatic rings. The first-order valence-corrected chi connectivity index (χ1v) is 9.57. The Morgan fingerprint density at radius 1 is 1.38 bits per heavy atom. The van der Waals surface area contributed by atoms with Gasteiger partial charge in [0.25, 0.3) is 0 Å². The lowest BCUT2D eigenvalue weighted by Crippen LogP contribution is -2.45. The molecule has 2 aromatic heterocycles. The third-order valence-corrected chi connectivity index (χ3v) is 6.15. The van der Waals surface area contributed by atoms with Crippen LogP contribution in [0.5, 0.6) is 0 Å². The van der Waals surface area contributed by atoms with Crippen molar-refractivity contribution >= 4 is 22.5 Å². The van der Waals surface area contributed by atoms with Crippen LogP contribution < -0.4 is 5.32 Å². The summed E-state index contributed by atoms with van der Waals surface area (Å²) < 4.78 is 2.11. The zero-order valence-corrected chi connectivity index (χ0v) is 14.7. The van der Waals surface area contributed by atoms with Gasteiger partial charge in [-0.1, -0.05) is 13.3 Å². The number of anilines is 1.